The van der Waals surface area contributed by atoms with Gasteiger partial charge < -0.3 is 4.74 Å². The molecule has 0 bridgehead atoms. The minimum absolute atomic E-state index is 0.241. The molecule has 9 nitrogen and oxygen atoms in total. The summed E-state index contributed by atoms with van der Waals surface area (Å²) in [5.74, 6) is 0.404. The molecule has 0 saturated heterocycles. The van der Waals surface area contributed by atoms with Gasteiger partial charge >= 0.3 is 0 Å². The predicted molar refractivity (Wildman–Crippen MR) is 149 cm³/mol. The van der Waals surface area contributed by atoms with Crippen molar-refractivity contribution in [2.75, 3.05) is 7.11 Å². The van der Waals surface area contributed by atoms with Crippen LogP contribution in [0.5, 0.6) is 5.75 Å². The van der Waals surface area contributed by atoms with Gasteiger partial charge in [0.15, 0.2) is 0 Å². The van der Waals surface area contributed by atoms with Crippen LogP contribution in [0, 0.1) is 6.92 Å². The second kappa shape index (κ2) is 9.83. The number of hydrogen-bond acceptors (Lipinski definition) is 6. The third kappa shape index (κ3) is 4.76. The third-order valence-corrected chi connectivity index (χ3v) is 7.16. The predicted octanol–water partition coefficient (Wildman–Crippen LogP) is 4.81. The summed E-state index contributed by atoms with van der Waals surface area (Å²) in [6.45, 7) is 7.51. The lowest BCUT2D eigenvalue weighted by molar-refractivity contribution is -0.133. The number of hydrazone groups is 1. The summed E-state index contributed by atoms with van der Waals surface area (Å²) in [5.41, 5.74) is 2.96. The average molecular weight is 577 g/mol. The largest absolute Gasteiger partial charge is 0.497 e. The maximum Gasteiger partial charge on any atom is 0.293 e. The zero-order valence-corrected chi connectivity index (χ0v) is 23.6. The van der Waals surface area contributed by atoms with Gasteiger partial charge in [0.05, 0.1) is 36.3 Å². The third-order valence-electron chi connectivity index (χ3n) is 6.63. The number of aromatic nitrogens is 4. The van der Waals surface area contributed by atoms with Gasteiger partial charge in [0.1, 0.15) is 17.8 Å². The highest BCUT2D eigenvalue weighted by Crippen LogP contribution is 2.34. The molecular weight excluding hydrogens is 548 g/mol. The van der Waals surface area contributed by atoms with Crippen molar-refractivity contribution in [1.29, 1.82) is 0 Å². The highest BCUT2D eigenvalue weighted by molar-refractivity contribution is 9.10. The van der Waals surface area contributed by atoms with Crippen molar-refractivity contribution in [2.45, 2.75) is 52.2 Å². The Kier molecular flexibility index (Phi) is 6.68. The van der Waals surface area contributed by atoms with E-state index in [-0.39, 0.29) is 24.1 Å². The topological polar surface area (TPSA) is 94.6 Å². The van der Waals surface area contributed by atoms with E-state index >= 15 is 0 Å². The number of benzene rings is 2. The molecule has 0 fully saturated rings. The number of nitrogens with zero attached hydrogens (tertiary/aromatic N) is 6. The number of methoxy groups -OCH3 is 1. The summed E-state index contributed by atoms with van der Waals surface area (Å²) in [7, 11) is 1.62. The normalized spacial score (nSPS) is 15.7. The van der Waals surface area contributed by atoms with Gasteiger partial charge in [-0.2, -0.15) is 15.3 Å². The van der Waals surface area contributed by atoms with Crippen LogP contribution in [0.3, 0.4) is 0 Å². The Hall–Kier alpha value is -3.79. The Labute approximate surface area is 228 Å². The lowest BCUT2D eigenvalue weighted by Crippen LogP contribution is -2.36. The summed E-state index contributed by atoms with van der Waals surface area (Å²) in [5, 5.41) is 15.8. The molecule has 0 spiro atoms. The van der Waals surface area contributed by atoms with E-state index in [0.29, 0.717) is 23.0 Å². The summed E-state index contributed by atoms with van der Waals surface area (Å²) in [6, 6.07) is 15.1. The van der Waals surface area contributed by atoms with Crippen LogP contribution in [0.25, 0.3) is 10.9 Å². The van der Waals surface area contributed by atoms with Gasteiger partial charge in [-0.1, -0.05) is 40.2 Å². The molecule has 10 heteroatoms. The zero-order valence-electron chi connectivity index (χ0n) is 22.0. The SMILES string of the molecule is COc1ccc(C2CC(c3ccc(Br)cc3)=NN2C(=O)Cn2nc(C)c3cnn(C(C)(C)C)c3c2=O)cc1. The van der Waals surface area contributed by atoms with Crippen molar-refractivity contribution in [3.63, 3.8) is 0 Å². The van der Waals surface area contributed by atoms with Crippen molar-refractivity contribution in [3.05, 3.63) is 86.4 Å². The van der Waals surface area contributed by atoms with E-state index in [4.69, 9.17) is 9.84 Å². The highest BCUT2D eigenvalue weighted by Gasteiger charge is 2.34. The fourth-order valence-electron chi connectivity index (χ4n) is 4.68. The second-order valence-corrected chi connectivity index (χ2v) is 11.2. The number of aryl methyl sites for hydroxylation is 1. The summed E-state index contributed by atoms with van der Waals surface area (Å²) in [4.78, 5) is 27.3. The van der Waals surface area contributed by atoms with E-state index < -0.39 is 5.54 Å². The molecule has 0 saturated carbocycles. The number of fused-ring (bicyclic) bond motifs is 1. The van der Waals surface area contributed by atoms with E-state index in [1.165, 1.54) is 9.69 Å². The molecule has 2 aromatic heterocycles. The van der Waals surface area contributed by atoms with Crippen LogP contribution in [0.2, 0.25) is 0 Å². The van der Waals surface area contributed by atoms with Crippen LogP contribution in [0.1, 0.15) is 50.1 Å². The second-order valence-electron chi connectivity index (χ2n) is 10.3. The van der Waals surface area contributed by atoms with Gasteiger partial charge in [0, 0.05) is 16.3 Å². The molecule has 3 heterocycles. The number of carbonyl (C=O) groups is 1. The number of ether oxygens (including phenoxy) is 1. The Bertz CT molecular complexity index is 1600. The van der Waals surface area contributed by atoms with Crippen LogP contribution in [0.15, 0.2) is 69.1 Å². The Morgan fingerprint density at radius 2 is 1.79 bits per heavy atom. The summed E-state index contributed by atoms with van der Waals surface area (Å²) in [6.07, 6.45) is 2.20. The van der Waals surface area contributed by atoms with E-state index in [9.17, 15) is 9.59 Å². The van der Waals surface area contributed by atoms with E-state index in [1.807, 2.05) is 76.2 Å². The molecule has 5 rings (SSSR count). The van der Waals surface area contributed by atoms with Crippen LogP contribution < -0.4 is 10.3 Å². The molecule has 0 N–H and O–H groups in total. The fourth-order valence-corrected chi connectivity index (χ4v) is 4.95. The first kappa shape index (κ1) is 25.8. The number of carbonyl (C=O) groups excluding carboxylic acids is 1. The number of halogens is 1. The standard InChI is InChI=1S/C28H29BrN6O3/c1-17-22-15-30-35(28(2,3)4)26(22)27(37)33(31-17)16-25(36)34-24(19-8-12-21(38-5)13-9-19)14-23(32-34)18-6-10-20(29)11-7-18/h6-13,15,24H,14,16H2,1-5H3. The van der Waals surface area contributed by atoms with Crippen LogP contribution >= 0.6 is 15.9 Å². The van der Waals surface area contributed by atoms with Gasteiger partial charge in [-0.3, -0.25) is 14.3 Å². The molecule has 38 heavy (non-hydrogen) atoms. The van der Waals surface area contributed by atoms with Crippen LogP contribution in [-0.4, -0.2) is 43.3 Å². The van der Waals surface area contributed by atoms with E-state index in [0.717, 1.165) is 27.1 Å². The summed E-state index contributed by atoms with van der Waals surface area (Å²) >= 11 is 3.47. The van der Waals surface area contributed by atoms with Crippen molar-refractivity contribution < 1.29 is 9.53 Å². The van der Waals surface area contributed by atoms with E-state index in [2.05, 4.69) is 26.1 Å². The van der Waals surface area contributed by atoms with Crippen LogP contribution in [0.4, 0.5) is 0 Å². The maximum absolute atomic E-state index is 13.7. The molecule has 4 aromatic rings. The lowest BCUT2D eigenvalue weighted by Gasteiger charge is -2.23. The Morgan fingerprint density at radius 1 is 1.11 bits per heavy atom. The highest BCUT2D eigenvalue weighted by atomic mass is 79.9. The first-order chi connectivity index (χ1) is 18.1. The Balaban J connectivity index is 1.53. The van der Waals surface area contributed by atoms with Crippen molar-refractivity contribution >= 4 is 38.5 Å². The number of hydrogen-bond donors (Lipinski definition) is 0. The minimum Gasteiger partial charge on any atom is -0.497 e. The molecule has 0 radical (unpaired) electrons. The van der Waals surface area contributed by atoms with Crippen LogP contribution in [-0.2, 0) is 16.9 Å². The molecule has 1 aliphatic rings. The number of rotatable bonds is 5. The van der Waals surface area contributed by atoms with Gasteiger partial charge in [-0.05, 0) is 63.1 Å². The van der Waals surface area contributed by atoms with Gasteiger partial charge in [-0.15, -0.1) is 0 Å². The molecule has 196 valence electrons. The smallest absolute Gasteiger partial charge is 0.293 e. The molecular formula is C28H29BrN6O3. The molecule has 1 atom stereocenters. The van der Waals surface area contributed by atoms with E-state index in [1.54, 1.807) is 18.0 Å². The average Bonchev–Trinajstić information content (AvgIpc) is 3.54. The zero-order chi connectivity index (χ0) is 27.2. The van der Waals surface area contributed by atoms with Gasteiger partial charge in [-0.25, -0.2) is 9.69 Å². The van der Waals surface area contributed by atoms with Gasteiger partial charge in [0.2, 0.25) is 0 Å². The van der Waals surface area contributed by atoms with Gasteiger partial charge in [0.25, 0.3) is 11.5 Å². The van der Waals surface area contributed by atoms with Crippen molar-refractivity contribution in [2.24, 2.45) is 5.10 Å². The first-order valence-electron chi connectivity index (χ1n) is 12.3. The summed E-state index contributed by atoms with van der Waals surface area (Å²) < 4.78 is 9.19. The quantitative estimate of drug-likeness (QED) is 0.340. The lowest BCUT2D eigenvalue weighted by atomic mass is 9.98. The molecule has 1 unspecified atom stereocenters. The maximum atomic E-state index is 13.7. The molecule has 0 aliphatic carbocycles. The molecule has 2 aromatic carbocycles. The first-order valence-corrected chi connectivity index (χ1v) is 13.1. The number of amides is 1. The fraction of sp³-hybridized carbons (Fsp3) is 0.321. The van der Waals surface area contributed by atoms with Crippen molar-refractivity contribution in [3.8, 4) is 5.75 Å². The molecule has 1 aliphatic heterocycles. The molecule has 1 amide bonds. The monoisotopic (exact) mass is 576 g/mol. The minimum atomic E-state index is -0.408. The Morgan fingerprint density at radius 3 is 2.42 bits per heavy atom. The van der Waals surface area contributed by atoms with Crippen molar-refractivity contribution in [1.82, 2.24) is 24.6 Å².